The Morgan fingerprint density at radius 3 is 3.00 bits per heavy atom. The first-order valence-corrected chi connectivity index (χ1v) is 5.54. The number of aromatic hydroxyl groups is 1. The van der Waals surface area contributed by atoms with Crippen LogP contribution in [0.25, 0.3) is 0 Å². The van der Waals surface area contributed by atoms with Crippen molar-refractivity contribution < 1.29 is 14.6 Å². The van der Waals surface area contributed by atoms with E-state index >= 15 is 0 Å². The summed E-state index contributed by atoms with van der Waals surface area (Å²) in [5, 5.41) is 18.6. The van der Waals surface area contributed by atoms with Gasteiger partial charge in [0.15, 0.2) is 0 Å². The summed E-state index contributed by atoms with van der Waals surface area (Å²) in [6.07, 6.45) is 1.53. The molecule has 7 nitrogen and oxygen atoms in total. The van der Waals surface area contributed by atoms with Crippen LogP contribution in [0.15, 0.2) is 24.4 Å². The maximum atomic E-state index is 11.9. The number of nitrogens with two attached hydrogens (primary N) is 1. The summed E-state index contributed by atoms with van der Waals surface area (Å²) in [5.41, 5.74) is 6.42. The molecular formula is C12H14N4O3. The number of phenolic OH excluding ortho intramolecular Hbond substituents is 1. The van der Waals surface area contributed by atoms with Crippen LogP contribution < -0.4 is 15.8 Å². The molecule has 0 fully saturated rings. The third-order valence-electron chi connectivity index (χ3n) is 2.64. The van der Waals surface area contributed by atoms with E-state index < -0.39 is 5.91 Å². The van der Waals surface area contributed by atoms with Crippen LogP contribution in [0.3, 0.4) is 0 Å². The number of ether oxygens (including phenoxy) is 1. The number of carbonyl (C=O) groups is 1. The van der Waals surface area contributed by atoms with Crippen LogP contribution in [0, 0.1) is 0 Å². The van der Waals surface area contributed by atoms with Gasteiger partial charge in [0.1, 0.15) is 17.3 Å². The van der Waals surface area contributed by atoms with Gasteiger partial charge in [-0.25, -0.2) is 0 Å². The molecule has 1 aromatic carbocycles. The van der Waals surface area contributed by atoms with E-state index in [2.05, 4.69) is 15.5 Å². The van der Waals surface area contributed by atoms with Crippen LogP contribution in [0.1, 0.15) is 15.9 Å². The van der Waals surface area contributed by atoms with Gasteiger partial charge in [-0.3, -0.25) is 9.89 Å². The Morgan fingerprint density at radius 1 is 1.58 bits per heavy atom. The Bertz CT molecular complexity index is 594. The number of carbonyl (C=O) groups excluding carboxylic acids is 1. The number of nitrogens with zero attached hydrogens (tertiary/aromatic N) is 1. The van der Waals surface area contributed by atoms with Crippen molar-refractivity contribution in [2.45, 2.75) is 6.54 Å². The van der Waals surface area contributed by atoms with E-state index in [4.69, 9.17) is 10.5 Å². The summed E-state index contributed by atoms with van der Waals surface area (Å²) in [6, 6.07) is 4.43. The molecule has 0 unspecified atom stereocenters. The van der Waals surface area contributed by atoms with E-state index in [9.17, 15) is 9.90 Å². The zero-order valence-corrected chi connectivity index (χ0v) is 10.3. The molecule has 2 rings (SSSR count). The zero-order valence-electron chi connectivity index (χ0n) is 10.3. The molecule has 0 bridgehead atoms. The van der Waals surface area contributed by atoms with Gasteiger partial charge in [0.25, 0.3) is 5.91 Å². The topological polar surface area (TPSA) is 113 Å². The Hall–Kier alpha value is -2.70. The molecule has 0 radical (unpaired) electrons. The Morgan fingerprint density at radius 2 is 2.37 bits per heavy atom. The number of H-pyrrole nitrogens is 1. The molecule has 7 heteroatoms. The fraction of sp³-hybridized carbons (Fsp3) is 0.167. The molecular weight excluding hydrogens is 248 g/mol. The van der Waals surface area contributed by atoms with Crippen LogP contribution in [0.4, 0.5) is 5.82 Å². The molecule has 0 spiro atoms. The van der Waals surface area contributed by atoms with E-state index in [0.717, 1.165) is 0 Å². The van der Waals surface area contributed by atoms with Gasteiger partial charge in [-0.1, -0.05) is 0 Å². The fourth-order valence-electron chi connectivity index (χ4n) is 1.56. The second-order valence-electron chi connectivity index (χ2n) is 3.87. The standard InChI is InChI=1S/C12H14N4O3/c1-19-8-2-3-10(17)9(4-8)12(18)14-5-7-6-15-16-11(7)13/h2-4,6,17H,5H2,1H3,(H,14,18)(H3,13,15,16). The minimum atomic E-state index is -0.419. The number of hydrogen-bond donors (Lipinski definition) is 4. The second kappa shape index (κ2) is 5.30. The summed E-state index contributed by atoms with van der Waals surface area (Å²) in [5.74, 6) is 0.358. The summed E-state index contributed by atoms with van der Waals surface area (Å²) in [7, 11) is 1.49. The Balaban J connectivity index is 2.10. The summed E-state index contributed by atoms with van der Waals surface area (Å²) in [4.78, 5) is 11.9. The van der Waals surface area contributed by atoms with Gasteiger partial charge in [0.2, 0.25) is 0 Å². The third kappa shape index (κ3) is 2.76. The molecule has 0 aliphatic carbocycles. The molecule has 5 N–H and O–H groups in total. The molecule has 2 aromatic rings. The van der Waals surface area contributed by atoms with Crippen molar-refractivity contribution in [2.24, 2.45) is 0 Å². The van der Waals surface area contributed by atoms with E-state index in [1.54, 1.807) is 6.07 Å². The van der Waals surface area contributed by atoms with E-state index in [0.29, 0.717) is 17.1 Å². The average Bonchev–Trinajstić information content (AvgIpc) is 2.82. The quantitative estimate of drug-likeness (QED) is 0.645. The van der Waals surface area contributed by atoms with E-state index in [1.807, 2.05) is 0 Å². The highest BCUT2D eigenvalue weighted by Crippen LogP contribution is 2.22. The molecule has 100 valence electrons. The lowest BCUT2D eigenvalue weighted by molar-refractivity contribution is 0.0948. The number of anilines is 1. The minimum Gasteiger partial charge on any atom is -0.507 e. The largest absolute Gasteiger partial charge is 0.507 e. The molecule has 0 saturated heterocycles. The lowest BCUT2D eigenvalue weighted by Gasteiger charge is -2.08. The fourth-order valence-corrected chi connectivity index (χ4v) is 1.56. The minimum absolute atomic E-state index is 0.113. The van der Waals surface area contributed by atoms with Crippen LogP contribution in [0.5, 0.6) is 11.5 Å². The summed E-state index contributed by atoms with van der Waals surface area (Å²) < 4.78 is 5.00. The van der Waals surface area contributed by atoms with Crippen molar-refractivity contribution in [1.82, 2.24) is 15.5 Å². The second-order valence-corrected chi connectivity index (χ2v) is 3.87. The lowest BCUT2D eigenvalue weighted by atomic mass is 10.1. The highest BCUT2D eigenvalue weighted by Gasteiger charge is 2.13. The smallest absolute Gasteiger partial charge is 0.255 e. The van der Waals surface area contributed by atoms with Gasteiger partial charge >= 0.3 is 0 Å². The predicted molar refractivity (Wildman–Crippen MR) is 68.8 cm³/mol. The number of nitrogens with one attached hydrogen (secondary N) is 2. The molecule has 0 aliphatic rings. The van der Waals surface area contributed by atoms with Crippen molar-refractivity contribution in [3.05, 3.63) is 35.5 Å². The van der Waals surface area contributed by atoms with Crippen molar-refractivity contribution in [1.29, 1.82) is 0 Å². The zero-order chi connectivity index (χ0) is 13.8. The van der Waals surface area contributed by atoms with Crippen molar-refractivity contribution in [3.63, 3.8) is 0 Å². The first-order valence-electron chi connectivity index (χ1n) is 5.54. The van der Waals surface area contributed by atoms with Gasteiger partial charge in [-0.15, -0.1) is 0 Å². The Kier molecular flexibility index (Phi) is 3.56. The van der Waals surface area contributed by atoms with E-state index in [-0.39, 0.29) is 17.9 Å². The van der Waals surface area contributed by atoms with Crippen LogP contribution >= 0.6 is 0 Å². The normalized spacial score (nSPS) is 10.2. The maximum Gasteiger partial charge on any atom is 0.255 e. The van der Waals surface area contributed by atoms with Gasteiger partial charge < -0.3 is 20.9 Å². The number of aromatic nitrogens is 2. The highest BCUT2D eigenvalue weighted by molar-refractivity contribution is 5.97. The van der Waals surface area contributed by atoms with Crippen LogP contribution in [-0.4, -0.2) is 28.3 Å². The first-order chi connectivity index (χ1) is 9.11. The number of nitrogen functional groups attached to an aromatic ring is 1. The van der Waals surface area contributed by atoms with Gasteiger partial charge in [-0.2, -0.15) is 5.10 Å². The van der Waals surface area contributed by atoms with Crippen molar-refractivity contribution in [3.8, 4) is 11.5 Å². The maximum absolute atomic E-state index is 11.9. The van der Waals surface area contributed by atoms with Gasteiger partial charge in [0.05, 0.1) is 18.9 Å². The lowest BCUT2D eigenvalue weighted by Crippen LogP contribution is -2.23. The number of phenols is 1. The number of rotatable bonds is 4. The molecule has 1 amide bonds. The molecule has 0 atom stereocenters. The van der Waals surface area contributed by atoms with Crippen LogP contribution in [0.2, 0.25) is 0 Å². The third-order valence-corrected chi connectivity index (χ3v) is 2.64. The number of amides is 1. The predicted octanol–water partition coefficient (Wildman–Crippen LogP) is 0.636. The average molecular weight is 262 g/mol. The van der Waals surface area contributed by atoms with Crippen molar-refractivity contribution in [2.75, 3.05) is 12.8 Å². The van der Waals surface area contributed by atoms with Crippen LogP contribution in [-0.2, 0) is 6.54 Å². The Labute approximate surface area is 109 Å². The number of aromatic amines is 1. The highest BCUT2D eigenvalue weighted by atomic mass is 16.5. The molecule has 1 heterocycles. The van der Waals surface area contributed by atoms with Gasteiger partial charge in [-0.05, 0) is 18.2 Å². The monoisotopic (exact) mass is 262 g/mol. The number of methoxy groups -OCH3 is 1. The molecule has 1 aromatic heterocycles. The first kappa shape index (κ1) is 12.7. The summed E-state index contributed by atoms with van der Waals surface area (Å²) >= 11 is 0. The number of hydrogen-bond acceptors (Lipinski definition) is 5. The summed E-state index contributed by atoms with van der Waals surface area (Å²) in [6.45, 7) is 0.220. The number of benzene rings is 1. The molecule has 0 saturated carbocycles. The van der Waals surface area contributed by atoms with Crippen molar-refractivity contribution >= 4 is 11.7 Å². The SMILES string of the molecule is COc1ccc(O)c(C(=O)NCc2cn[nH]c2N)c1. The molecule has 19 heavy (non-hydrogen) atoms. The van der Waals surface area contributed by atoms with Gasteiger partial charge in [0, 0.05) is 12.1 Å². The molecule has 0 aliphatic heterocycles. The van der Waals surface area contributed by atoms with E-state index in [1.165, 1.54) is 25.4 Å².